The number of anilines is 1. The number of nitrogens with one attached hydrogen (secondary N) is 1. The molecular weight excluding hydrogens is 258 g/mol. The van der Waals surface area contributed by atoms with Crippen LogP contribution in [0.1, 0.15) is 6.92 Å². The molecule has 5 heteroatoms. The quantitative estimate of drug-likeness (QED) is 0.639. The van der Waals surface area contributed by atoms with Gasteiger partial charge in [0.2, 0.25) is 5.91 Å². The molecule has 0 heterocycles. The minimum atomic E-state index is -0.686. The molecule has 1 unspecified atom stereocenters. The Morgan fingerprint density at radius 1 is 1.35 bits per heavy atom. The van der Waals surface area contributed by atoms with E-state index in [4.69, 9.17) is 11.6 Å². The Kier molecular flexibility index (Phi) is 6.08. The van der Waals surface area contributed by atoms with Gasteiger partial charge in [-0.2, -0.15) is 0 Å². The first-order valence-electron chi connectivity index (χ1n) is 5.19. The Morgan fingerprint density at radius 3 is 2.53 bits per heavy atom. The Morgan fingerprint density at radius 2 is 2.00 bits per heavy atom. The molecule has 0 fully saturated rings. The Bertz CT molecular complexity index is 383. The van der Waals surface area contributed by atoms with Crippen molar-refractivity contribution in [2.24, 2.45) is 0 Å². The molecule has 0 radical (unpaired) electrons. The van der Waals surface area contributed by atoms with Crippen molar-refractivity contribution >= 4 is 40.7 Å². The second kappa shape index (κ2) is 7.35. The SMILES string of the molecule is CC(=O)C(SCCCl)C(=O)Nc1ccccc1. The lowest BCUT2D eigenvalue weighted by Crippen LogP contribution is -2.31. The van der Waals surface area contributed by atoms with Gasteiger partial charge in [0.05, 0.1) is 0 Å². The van der Waals surface area contributed by atoms with Crippen LogP contribution in [0.5, 0.6) is 0 Å². The average molecular weight is 272 g/mol. The maximum atomic E-state index is 11.9. The highest BCUT2D eigenvalue weighted by Gasteiger charge is 2.23. The molecular formula is C12H14ClNO2S. The lowest BCUT2D eigenvalue weighted by molar-refractivity contribution is -0.123. The minimum Gasteiger partial charge on any atom is -0.325 e. The van der Waals surface area contributed by atoms with Crippen molar-refractivity contribution < 1.29 is 9.59 Å². The minimum absolute atomic E-state index is 0.159. The highest BCUT2D eigenvalue weighted by Crippen LogP contribution is 2.15. The van der Waals surface area contributed by atoms with Crippen molar-refractivity contribution in [1.29, 1.82) is 0 Å². The maximum absolute atomic E-state index is 11.9. The number of benzene rings is 1. The van der Waals surface area contributed by atoms with E-state index in [9.17, 15) is 9.59 Å². The van der Waals surface area contributed by atoms with Crippen LogP contribution in [0.2, 0.25) is 0 Å². The van der Waals surface area contributed by atoms with Gasteiger partial charge in [-0.15, -0.1) is 23.4 Å². The van der Waals surface area contributed by atoms with Crippen molar-refractivity contribution in [3.8, 4) is 0 Å². The van der Waals surface area contributed by atoms with E-state index in [1.807, 2.05) is 18.2 Å². The summed E-state index contributed by atoms with van der Waals surface area (Å²) in [7, 11) is 0. The largest absolute Gasteiger partial charge is 0.325 e. The van der Waals surface area contributed by atoms with Crippen LogP contribution in [0.4, 0.5) is 5.69 Å². The molecule has 1 N–H and O–H groups in total. The smallest absolute Gasteiger partial charge is 0.245 e. The van der Waals surface area contributed by atoms with Crippen LogP contribution in [0.15, 0.2) is 30.3 Å². The fraction of sp³-hybridized carbons (Fsp3) is 0.333. The van der Waals surface area contributed by atoms with Crippen LogP contribution in [0.25, 0.3) is 0 Å². The number of para-hydroxylation sites is 1. The lowest BCUT2D eigenvalue weighted by Gasteiger charge is -2.12. The van der Waals surface area contributed by atoms with Crippen LogP contribution in [0, 0.1) is 0 Å². The van der Waals surface area contributed by atoms with Gasteiger partial charge >= 0.3 is 0 Å². The zero-order valence-electron chi connectivity index (χ0n) is 9.48. The van der Waals surface area contributed by atoms with Crippen LogP contribution in [-0.4, -0.2) is 28.6 Å². The number of carbonyl (C=O) groups is 2. The van der Waals surface area contributed by atoms with Crippen molar-refractivity contribution in [1.82, 2.24) is 0 Å². The van der Waals surface area contributed by atoms with Gasteiger partial charge in [0, 0.05) is 17.3 Å². The first kappa shape index (κ1) is 14.1. The number of hydrogen-bond acceptors (Lipinski definition) is 3. The lowest BCUT2D eigenvalue weighted by atomic mass is 10.2. The molecule has 0 aromatic heterocycles. The van der Waals surface area contributed by atoms with Crippen LogP contribution in [0.3, 0.4) is 0 Å². The van der Waals surface area contributed by atoms with E-state index in [0.717, 1.165) is 0 Å². The molecule has 1 aromatic carbocycles. The highest BCUT2D eigenvalue weighted by atomic mass is 35.5. The summed E-state index contributed by atoms with van der Waals surface area (Å²) in [4.78, 5) is 23.2. The molecule has 0 aliphatic heterocycles. The standard InChI is InChI=1S/C12H14ClNO2S/c1-9(15)11(17-8-7-13)12(16)14-10-5-3-2-4-6-10/h2-6,11H,7-8H2,1H3,(H,14,16). The van der Waals surface area contributed by atoms with Gasteiger partial charge in [-0.3, -0.25) is 9.59 Å². The van der Waals surface area contributed by atoms with Crippen LogP contribution < -0.4 is 5.32 Å². The third kappa shape index (κ3) is 4.79. The fourth-order valence-electron chi connectivity index (χ4n) is 1.27. The first-order chi connectivity index (χ1) is 8.15. The van der Waals surface area contributed by atoms with E-state index >= 15 is 0 Å². The number of halogens is 1. The normalized spacial score (nSPS) is 11.9. The summed E-state index contributed by atoms with van der Waals surface area (Å²) in [6, 6.07) is 9.07. The van der Waals surface area contributed by atoms with Gasteiger partial charge < -0.3 is 5.32 Å². The number of rotatable bonds is 6. The second-order valence-electron chi connectivity index (χ2n) is 3.41. The topological polar surface area (TPSA) is 46.2 Å². The molecule has 92 valence electrons. The van der Waals surface area contributed by atoms with E-state index in [-0.39, 0.29) is 11.7 Å². The molecule has 0 saturated heterocycles. The summed E-state index contributed by atoms with van der Waals surface area (Å²) in [5.41, 5.74) is 0.690. The summed E-state index contributed by atoms with van der Waals surface area (Å²) in [5.74, 6) is 0.550. The number of carbonyl (C=O) groups excluding carboxylic acids is 2. The average Bonchev–Trinajstić information content (AvgIpc) is 2.30. The molecule has 0 saturated carbocycles. The van der Waals surface area contributed by atoms with E-state index < -0.39 is 5.25 Å². The molecule has 1 amide bonds. The molecule has 1 aromatic rings. The van der Waals surface area contributed by atoms with Gasteiger partial charge in [0.15, 0.2) is 5.78 Å². The third-order valence-electron chi connectivity index (χ3n) is 2.01. The molecule has 1 rings (SSSR count). The van der Waals surface area contributed by atoms with Crippen molar-refractivity contribution in [3.05, 3.63) is 30.3 Å². The molecule has 0 spiro atoms. The molecule has 1 atom stereocenters. The molecule has 0 bridgehead atoms. The maximum Gasteiger partial charge on any atom is 0.245 e. The van der Waals surface area contributed by atoms with Gasteiger partial charge in [-0.25, -0.2) is 0 Å². The van der Waals surface area contributed by atoms with Crippen molar-refractivity contribution in [2.45, 2.75) is 12.2 Å². The molecule has 0 aliphatic rings. The van der Waals surface area contributed by atoms with Crippen molar-refractivity contribution in [2.75, 3.05) is 16.9 Å². The van der Waals surface area contributed by atoms with E-state index in [1.165, 1.54) is 18.7 Å². The summed E-state index contributed by atoms with van der Waals surface area (Å²) in [6.45, 7) is 1.41. The number of hydrogen-bond donors (Lipinski definition) is 1. The van der Waals surface area contributed by atoms with Gasteiger partial charge in [-0.1, -0.05) is 18.2 Å². The van der Waals surface area contributed by atoms with Crippen LogP contribution in [-0.2, 0) is 9.59 Å². The number of amides is 1. The Balaban J connectivity index is 2.62. The number of Topliss-reactive ketones (excluding diaryl/α,β-unsaturated/α-hetero) is 1. The monoisotopic (exact) mass is 271 g/mol. The highest BCUT2D eigenvalue weighted by molar-refractivity contribution is 8.01. The third-order valence-corrected chi connectivity index (χ3v) is 3.74. The predicted octanol–water partition coefficient (Wildman–Crippen LogP) is 2.55. The zero-order valence-corrected chi connectivity index (χ0v) is 11.1. The first-order valence-corrected chi connectivity index (χ1v) is 6.77. The summed E-state index contributed by atoms with van der Waals surface area (Å²) in [6.07, 6.45) is 0. The van der Waals surface area contributed by atoms with E-state index in [2.05, 4.69) is 5.32 Å². The van der Waals surface area contributed by atoms with Gasteiger partial charge in [0.1, 0.15) is 5.25 Å². The van der Waals surface area contributed by atoms with E-state index in [1.54, 1.807) is 12.1 Å². The Hall–Kier alpha value is -1.00. The van der Waals surface area contributed by atoms with E-state index in [0.29, 0.717) is 17.3 Å². The van der Waals surface area contributed by atoms with Crippen LogP contribution >= 0.6 is 23.4 Å². The van der Waals surface area contributed by atoms with Crippen molar-refractivity contribution in [3.63, 3.8) is 0 Å². The van der Waals surface area contributed by atoms with Gasteiger partial charge in [-0.05, 0) is 19.1 Å². The summed E-state index contributed by atoms with van der Waals surface area (Å²) in [5, 5.41) is 2.02. The zero-order chi connectivity index (χ0) is 12.7. The number of alkyl halides is 1. The molecule has 17 heavy (non-hydrogen) atoms. The molecule has 3 nitrogen and oxygen atoms in total. The summed E-state index contributed by atoms with van der Waals surface area (Å²) < 4.78 is 0. The Labute approximate surface area is 110 Å². The second-order valence-corrected chi connectivity index (χ2v) is 5.00. The molecule has 0 aliphatic carbocycles. The predicted molar refractivity (Wildman–Crippen MR) is 72.7 cm³/mol. The van der Waals surface area contributed by atoms with Gasteiger partial charge in [0.25, 0.3) is 0 Å². The fourth-order valence-corrected chi connectivity index (χ4v) is 2.31. The summed E-state index contributed by atoms with van der Waals surface area (Å²) >= 11 is 6.81. The number of ketones is 1. The number of thioether (sulfide) groups is 1.